The Morgan fingerprint density at radius 1 is 1.30 bits per heavy atom. The van der Waals surface area contributed by atoms with E-state index in [4.69, 9.17) is 4.52 Å². The Hall–Kier alpha value is -2.07. The second kappa shape index (κ2) is 4.80. The number of benzene rings is 1. The first-order chi connectivity index (χ1) is 9.31. The van der Waals surface area contributed by atoms with Gasteiger partial charge in [-0.3, -0.25) is 0 Å². The van der Waals surface area contributed by atoms with Crippen LogP contribution in [0, 0.1) is 13.1 Å². The minimum atomic E-state index is 0. The SMILES string of the molecule is Cc1nc(-c2ccc3c(c2)[nH]c2ncn[c-]c23)no1.[W]. The molecule has 0 atom stereocenters. The molecule has 0 saturated heterocycles. The van der Waals surface area contributed by atoms with Gasteiger partial charge in [-0.15, -0.1) is 0 Å². The van der Waals surface area contributed by atoms with Crippen molar-refractivity contribution in [3.63, 3.8) is 0 Å². The monoisotopic (exact) mass is 434 g/mol. The first-order valence-electron chi connectivity index (χ1n) is 5.76. The van der Waals surface area contributed by atoms with Crippen molar-refractivity contribution in [2.75, 3.05) is 0 Å². The van der Waals surface area contributed by atoms with E-state index in [1.54, 1.807) is 6.92 Å². The van der Waals surface area contributed by atoms with Gasteiger partial charge < -0.3 is 19.5 Å². The molecule has 0 amide bonds. The first-order valence-corrected chi connectivity index (χ1v) is 5.76. The normalized spacial score (nSPS) is 10.8. The molecule has 7 heteroatoms. The zero-order valence-corrected chi connectivity index (χ0v) is 13.3. The van der Waals surface area contributed by atoms with E-state index in [0.29, 0.717) is 11.7 Å². The Morgan fingerprint density at radius 2 is 2.20 bits per heavy atom. The summed E-state index contributed by atoms with van der Waals surface area (Å²) in [6.07, 6.45) is 4.42. The van der Waals surface area contributed by atoms with Gasteiger partial charge in [0, 0.05) is 45.5 Å². The van der Waals surface area contributed by atoms with E-state index < -0.39 is 0 Å². The smallest absolute Gasteiger partial charge is 0.223 e. The maximum atomic E-state index is 4.99. The summed E-state index contributed by atoms with van der Waals surface area (Å²) in [6.45, 7) is 1.77. The van der Waals surface area contributed by atoms with Gasteiger partial charge in [-0.1, -0.05) is 28.1 Å². The summed E-state index contributed by atoms with van der Waals surface area (Å²) in [7, 11) is 0. The average Bonchev–Trinajstić information content (AvgIpc) is 3.01. The minimum absolute atomic E-state index is 0. The van der Waals surface area contributed by atoms with Crippen LogP contribution in [0.1, 0.15) is 5.89 Å². The van der Waals surface area contributed by atoms with E-state index in [-0.39, 0.29) is 21.1 Å². The molecular weight excluding hydrogens is 426 g/mol. The molecule has 3 aromatic heterocycles. The zero-order valence-electron chi connectivity index (χ0n) is 10.4. The predicted octanol–water partition coefficient (Wildman–Crippen LogP) is 2.27. The Labute approximate surface area is 127 Å². The van der Waals surface area contributed by atoms with Crippen LogP contribution in [0.15, 0.2) is 29.0 Å². The summed E-state index contributed by atoms with van der Waals surface area (Å²) in [6, 6.07) is 5.89. The fraction of sp³-hybridized carbons (Fsp3) is 0.0769. The van der Waals surface area contributed by atoms with Gasteiger partial charge in [0.2, 0.25) is 11.7 Å². The van der Waals surface area contributed by atoms with E-state index >= 15 is 0 Å². The summed E-state index contributed by atoms with van der Waals surface area (Å²) in [4.78, 5) is 15.5. The van der Waals surface area contributed by atoms with E-state index in [1.165, 1.54) is 6.33 Å². The summed E-state index contributed by atoms with van der Waals surface area (Å²) in [5.41, 5.74) is 2.61. The maximum Gasteiger partial charge on any atom is 0.223 e. The summed E-state index contributed by atoms with van der Waals surface area (Å²) in [5.74, 6) is 1.12. The minimum Gasteiger partial charge on any atom is -0.387 e. The number of aryl methyl sites for hydroxylation is 1. The van der Waals surface area contributed by atoms with Gasteiger partial charge in [0.05, 0.1) is 0 Å². The molecule has 0 unspecified atom stereocenters. The molecule has 3 heterocycles. The molecular formula is C13H8N5OW-. The van der Waals surface area contributed by atoms with Gasteiger partial charge in [-0.2, -0.15) is 4.98 Å². The Balaban J connectivity index is 0.00000121. The molecule has 98 valence electrons. The quantitative estimate of drug-likeness (QED) is 0.465. The van der Waals surface area contributed by atoms with Crippen molar-refractivity contribution in [2.45, 2.75) is 6.92 Å². The van der Waals surface area contributed by atoms with Crippen molar-refractivity contribution >= 4 is 21.9 Å². The average molecular weight is 434 g/mol. The number of hydrogen-bond acceptors (Lipinski definition) is 5. The summed E-state index contributed by atoms with van der Waals surface area (Å²) >= 11 is 0. The molecule has 0 aliphatic rings. The number of rotatable bonds is 1. The Morgan fingerprint density at radius 3 is 3.00 bits per heavy atom. The number of hydrogen-bond donors (Lipinski definition) is 1. The van der Waals surface area contributed by atoms with Gasteiger partial charge in [0.1, 0.15) is 0 Å². The van der Waals surface area contributed by atoms with Crippen LogP contribution in [0.3, 0.4) is 0 Å². The second-order valence-electron chi connectivity index (χ2n) is 4.23. The molecule has 4 aromatic rings. The third-order valence-corrected chi connectivity index (χ3v) is 2.99. The van der Waals surface area contributed by atoms with Crippen LogP contribution in [0.4, 0.5) is 0 Å². The number of nitrogens with zero attached hydrogens (tertiary/aromatic N) is 4. The van der Waals surface area contributed by atoms with E-state index in [1.807, 2.05) is 18.2 Å². The number of aromatic nitrogens is 5. The van der Waals surface area contributed by atoms with Crippen LogP contribution in [-0.2, 0) is 21.1 Å². The van der Waals surface area contributed by atoms with Crippen LogP contribution >= 0.6 is 0 Å². The number of fused-ring (bicyclic) bond motifs is 3. The van der Waals surface area contributed by atoms with Crippen LogP contribution < -0.4 is 0 Å². The van der Waals surface area contributed by atoms with E-state index in [0.717, 1.165) is 27.5 Å². The molecule has 0 aliphatic carbocycles. The van der Waals surface area contributed by atoms with Crippen molar-refractivity contribution in [3.8, 4) is 11.4 Å². The molecule has 0 aliphatic heterocycles. The molecule has 6 nitrogen and oxygen atoms in total. The molecule has 0 radical (unpaired) electrons. The van der Waals surface area contributed by atoms with E-state index in [2.05, 4.69) is 31.3 Å². The van der Waals surface area contributed by atoms with Crippen molar-refractivity contribution < 1.29 is 25.6 Å². The van der Waals surface area contributed by atoms with Crippen LogP contribution in [0.2, 0.25) is 0 Å². The van der Waals surface area contributed by atoms with Crippen LogP contribution in [-0.4, -0.2) is 25.1 Å². The van der Waals surface area contributed by atoms with Crippen LogP contribution in [0.5, 0.6) is 0 Å². The van der Waals surface area contributed by atoms with Gasteiger partial charge >= 0.3 is 0 Å². The molecule has 0 saturated carbocycles. The summed E-state index contributed by atoms with van der Waals surface area (Å²) in [5, 5.41) is 5.82. The van der Waals surface area contributed by atoms with Crippen molar-refractivity contribution in [1.29, 1.82) is 0 Å². The fourth-order valence-corrected chi connectivity index (χ4v) is 2.13. The molecule has 0 spiro atoms. The largest absolute Gasteiger partial charge is 0.387 e. The third kappa shape index (κ3) is 1.93. The molecule has 0 bridgehead atoms. The molecule has 0 fully saturated rings. The number of aromatic amines is 1. The van der Waals surface area contributed by atoms with Gasteiger partial charge in [0.15, 0.2) is 0 Å². The van der Waals surface area contributed by atoms with Gasteiger partial charge in [0.25, 0.3) is 0 Å². The van der Waals surface area contributed by atoms with Crippen LogP contribution in [0.25, 0.3) is 33.3 Å². The Bertz CT molecular complexity index is 898. The van der Waals surface area contributed by atoms with Crippen molar-refractivity contribution in [1.82, 2.24) is 25.1 Å². The molecule has 1 aromatic carbocycles. The summed E-state index contributed by atoms with van der Waals surface area (Å²) < 4.78 is 4.99. The number of H-pyrrole nitrogens is 1. The third-order valence-electron chi connectivity index (χ3n) is 2.99. The van der Waals surface area contributed by atoms with Gasteiger partial charge in [-0.25, -0.2) is 0 Å². The molecule has 1 N–H and O–H groups in total. The van der Waals surface area contributed by atoms with Crippen molar-refractivity contribution in [2.24, 2.45) is 0 Å². The molecule has 20 heavy (non-hydrogen) atoms. The van der Waals surface area contributed by atoms with Crippen molar-refractivity contribution in [3.05, 3.63) is 36.6 Å². The number of nitrogens with one attached hydrogen (secondary N) is 1. The van der Waals surface area contributed by atoms with E-state index in [9.17, 15) is 0 Å². The first kappa shape index (κ1) is 12.9. The zero-order chi connectivity index (χ0) is 12.8. The standard InChI is InChI=1S/C13H8N5O.W/c1-7-16-12(18-19-7)8-2-3-9-10-5-14-6-15-13(10)17-11(9)4-8;/h2-4,6H,1H3,(H,14,15,17);/q-1;. The van der Waals surface area contributed by atoms with Gasteiger partial charge in [-0.05, 0) is 17.8 Å². The Kier molecular flexibility index (Phi) is 3.10. The maximum absolute atomic E-state index is 4.99. The fourth-order valence-electron chi connectivity index (χ4n) is 2.13. The molecule has 4 rings (SSSR count). The topological polar surface area (TPSA) is 80.5 Å². The predicted molar refractivity (Wildman–Crippen MR) is 68.3 cm³/mol. The second-order valence-corrected chi connectivity index (χ2v) is 4.23.